The van der Waals surface area contributed by atoms with E-state index in [0.29, 0.717) is 13.0 Å². The molecule has 0 aliphatic carbocycles. The van der Waals surface area contributed by atoms with Gasteiger partial charge < -0.3 is 15.0 Å². The summed E-state index contributed by atoms with van der Waals surface area (Å²) in [5, 5.41) is 5.02. The third kappa shape index (κ3) is 3.53. The molecular weight excluding hydrogens is 330 g/mol. The number of carbonyl (C=O) groups excluding carboxylic acids is 3. The molecule has 0 bridgehead atoms. The van der Waals surface area contributed by atoms with Crippen LogP contribution in [0.2, 0.25) is 0 Å². The van der Waals surface area contributed by atoms with Gasteiger partial charge in [-0.2, -0.15) is 0 Å². The molecule has 2 heterocycles. The van der Waals surface area contributed by atoms with Crippen LogP contribution in [0.1, 0.15) is 12.0 Å². The summed E-state index contributed by atoms with van der Waals surface area (Å²) in [4.78, 5) is 37.6. The first-order chi connectivity index (χ1) is 11.6. The number of fused-ring (bicyclic) bond motifs is 1. The molecule has 3 N–H and O–H groups in total. The van der Waals surface area contributed by atoms with Crippen molar-refractivity contribution in [3.05, 3.63) is 30.0 Å². The Bertz CT molecular complexity index is 802. The number of aromatic nitrogens is 1. The molecule has 3 rings (SSSR count). The molecule has 1 aromatic heterocycles. The Hall–Kier alpha value is -2.48. The standard InChI is InChI=1S/C16H17N3O4S/c1-23-10-2-3-11-9(8-18-12(11)6-10)4-5-17-14(20)7-13-15(21)19-16(22)24-13/h2-3,6,8,13,18H,4-5,7H2,1H3,(H,17,20)(H,19,21,22). The highest BCUT2D eigenvalue weighted by atomic mass is 32.2. The molecule has 1 atom stereocenters. The van der Waals surface area contributed by atoms with Crippen LogP contribution >= 0.6 is 11.8 Å². The number of hydrogen-bond donors (Lipinski definition) is 3. The molecule has 0 spiro atoms. The predicted molar refractivity (Wildman–Crippen MR) is 91.1 cm³/mol. The molecule has 1 saturated heterocycles. The van der Waals surface area contributed by atoms with E-state index in [1.165, 1.54) is 0 Å². The van der Waals surface area contributed by atoms with E-state index in [1.807, 2.05) is 24.4 Å². The smallest absolute Gasteiger partial charge is 0.286 e. The summed E-state index contributed by atoms with van der Waals surface area (Å²) in [5.74, 6) is 0.149. The summed E-state index contributed by atoms with van der Waals surface area (Å²) < 4.78 is 5.19. The van der Waals surface area contributed by atoms with Gasteiger partial charge in [0.25, 0.3) is 5.24 Å². The lowest BCUT2D eigenvalue weighted by Crippen LogP contribution is -2.32. The molecule has 0 radical (unpaired) electrons. The van der Waals surface area contributed by atoms with Gasteiger partial charge >= 0.3 is 0 Å². The zero-order valence-electron chi connectivity index (χ0n) is 13.0. The van der Waals surface area contributed by atoms with Crippen molar-refractivity contribution >= 4 is 39.7 Å². The summed E-state index contributed by atoms with van der Waals surface area (Å²) in [6, 6.07) is 5.79. The first-order valence-corrected chi connectivity index (χ1v) is 8.37. The largest absolute Gasteiger partial charge is 0.497 e. The summed E-state index contributed by atoms with van der Waals surface area (Å²) in [6.07, 6.45) is 2.59. The molecule has 7 nitrogen and oxygen atoms in total. The molecule has 24 heavy (non-hydrogen) atoms. The van der Waals surface area contributed by atoms with Crippen molar-refractivity contribution in [2.75, 3.05) is 13.7 Å². The lowest BCUT2D eigenvalue weighted by atomic mass is 10.1. The van der Waals surface area contributed by atoms with Crippen molar-refractivity contribution in [3.63, 3.8) is 0 Å². The van der Waals surface area contributed by atoms with Crippen molar-refractivity contribution in [3.8, 4) is 5.75 Å². The second-order valence-corrected chi connectivity index (χ2v) is 6.59. The molecule has 126 valence electrons. The quantitative estimate of drug-likeness (QED) is 0.737. The van der Waals surface area contributed by atoms with Gasteiger partial charge in [0.15, 0.2) is 0 Å². The second kappa shape index (κ2) is 6.96. The van der Waals surface area contributed by atoms with Crippen LogP contribution in [0.3, 0.4) is 0 Å². The van der Waals surface area contributed by atoms with Crippen molar-refractivity contribution in [2.45, 2.75) is 18.1 Å². The number of ether oxygens (including phenoxy) is 1. The Morgan fingerprint density at radius 3 is 2.92 bits per heavy atom. The Morgan fingerprint density at radius 1 is 1.38 bits per heavy atom. The average Bonchev–Trinajstić information content (AvgIpc) is 3.10. The fourth-order valence-electron chi connectivity index (χ4n) is 2.60. The van der Waals surface area contributed by atoms with Crippen LogP contribution < -0.4 is 15.4 Å². The van der Waals surface area contributed by atoms with Crippen LogP contribution in [-0.4, -0.2) is 40.9 Å². The van der Waals surface area contributed by atoms with E-state index in [4.69, 9.17) is 4.74 Å². The monoisotopic (exact) mass is 347 g/mol. The normalized spacial score (nSPS) is 17.1. The van der Waals surface area contributed by atoms with Crippen LogP contribution in [0.4, 0.5) is 4.79 Å². The Morgan fingerprint density at radius 2 is 2.21 bits per heavy atom. The van der Waals surface area contributed by atoms with Gasteiger partial charge in [-0.15, -0.1) is 0 Å². The third-order valence-corrected chi connectivity index (χ3v) is 4.81. The summed E-state index contributed by atoms with van der Waals surface area (Å²) in [6.45, 7) is 0.463. The number of hydrogen-bond acceptors (Lipinski definition) is 5. The molecule has 1 fully saturated rings. The second-order valence-electron chi connectivity index (χ2n) is 5.41. The average molecular weight is 347 g/mol. The minimum atomic E-state index is -0.627. The van der Waals surface area contributed by atoms with E-state index in [1.54, 1.807) is 7.11 Å². The predicted octanol–water partition coefficient (Wildman–Crippen LogP) is 1.58. The highest BCUT2D eigenvalue weighted by molar-refractivity contribution is 8.15. The van der Waals surface area contributed by atoms with Crippen molar-refractivity contribution < 1.29 is 19.1 Å². The fourth-order valence-corrected chi connectivity index (χ4v) is 3.42. The van der Waals surface area contributed by atoms with Gasteiger partial charge in [-0.3, -0.25) is 19.7 Å². The molecule has 1 aliphatic rings. The molecule has 0 saturated carbocycles. The van der Waals surface area contributed by atoms with Crippen molar-refractivity contribution in [1.82, 2.24) is 15.6 Å². The molecule has 1 aliphatic heterocycles. The van der Waals surface area contributed by atoms with Gasteiger partial charge in [-0.05, 0) is 24.1 Å². The zero-order chi connectivity index (χ0) is 17.1. The molecule has 3 amide bonds. The molecule has 1 unspecified atom stereocenters. The van der Waals surface area contributed by atoms with E-state index in [0.717, 1.165) is 34.0 Å². The molecular formula is C16H17N3O4S. The number of methoxy groups -OCH3 is 1. The summed E-state index contributed by atoms with van der Waals surface area (Å²) in [7, 11) is 1.62. The Kier molecular flexibility index (Phi) is 4.75. The highest BCUT2D eigenvalue weighted by Crippen LogP contribution is 2.24. The van der Waals surface area contributed by atoms with E-state index < -0.39 is 16.4 Å². The van der Waals surface area contributed by atoms with Gasteiger partial charge in [-0.25, -0.2) is 0 Å². The third-order valence-electron chi connectivity index (χ3n) is 3.83. The van der Waals surface area contributed by atoms with Crippen LogP contribution in [0.5, 0.6) is 5.75 Å². The number of nitrogens with one attached hydrogen (secondary N) is 3. The minimum absolute atomic E-state index is 0.00727. The van der Waals surface area contributed by atoms with E-state index in [-0.39, 0.29) is 12.3 Å². The highest BCUT2D eigenvalue weighted by Gasteiger charge is 2.33. The summed E-state index contributed by atoms with van der Waals surface area (Å²) >= 11 is 0.861. The maximum absolute atomic E-state index is 11.9. The number of carbonyl (C=O) groups is 3. The topological polar surface area (TPSA) is 100 Å². The number of H-pyrrole nitrogens is 1. The maximum atomic E-state index is 11.9. The van der Waals surface area contributed by atoms with Crippen LogP contribution in [0.15, 0.2) is 24.4 Å². The van der Waals surface area contributed by atoms with Crippen LogP contribution in [0.25, 0.3) is 10.9 Å². The lowest BCUT2D eigenvalue weighted by Gasteiger charge is -2.07. The number of amides is 3. The van der Waals surface area contributed by atoms with E-state index >= 15 is 0 Å². The lowest BCUT2D eigenvalue weighted by molar-refractivity contribution is -0.125. The molecule has 8 heteroatoms. The number of imide groups is 1. The van der Waals surface area contributed by atoms with Gasteiger partial charge in [0, 0.05) is 36.1 Å². The zero-order valence-corrected chi connectivity index (χ0v) is 13.9. The number of rotatable bonds is 6. The maximum Gasteiger partial charge on any atom is 0.286 e. The Labute approximate surface area is 142 Å². The SMILES string of the molecule is COc1ccc2c(CCNC(=O)CC3SC(=O)NC3=O)c[nH]c2c1. The van der Waals surface area contributed by atoms with E-state index in [9.17, 15) is 14.4 Å². The number of benzene rings is 1. The van der Waals surface area contributed by atoms with E-state index in [2.05, 4.69) is 15.6 Å². The van der Waals surface area contributed by atoms with Crippen molar-refractivity contribution in [1.29, 1.82) is 0 Å². The van der Waals surface area contributed by atoms with Gasteiger partial charge in [0.1, 0.15) is 11.0 Å². The van der Waals surface area contributed by atoms with Gasteiger partial charge in [0.05, 0.1) is 7.11 Å². The first-order valence-electron chi connectivity index (χ1n) is 7.49. The van der Waals surface area contributed by atoms with Gasteiger partial charge in [0.2, 0.25) is 11.8 Å². The Balaban J connectivity index is 1.52. The fraction of sp³-hybridized carbons (Fsp3) is 0.312. The minimum Gasteiger partial charge on any atom is -0.497 e. The molecule has 1 aromatic carbocycles. The van der Waals surface area contributed by atoms with Crippen molar-refractivity contribution in [2.24, 2.45) is 0 Å². The molecule has 2 aromatic rings. The summed E-state index contributed by atoms with van der Waals surface area (Å²) in [5.41, 5.74) is 2.07. The van der Waals surface area contributed by atoms with Crippen LogP contribution in [-0.2, 0) is 16.0 Å². The van der Waals surface area contributed by atoms with Gasteiger partial charge in [-0.1, -0.05) is 11.8 Å². The first kappa shape index (κ1) is 16.4. The number of thioether (sulfide) groups is 1. The number of aromatic amines is 1. The van der Waals surface area contributed by atoms with Crippen LogP contribution in [0, 0.1) is 0 Å².